The van der Waals surface area contributed by atoms with Gasteiger partial charge in [-0.2, -0.15) is 4.98 Å². The van der Waals surface area contributed by atoms with Crippen LogP contribution in [0.1, 0.15) is 5.56 Å². The number of nitrogens with zero attached hydrogens (tertiary/aromatic N) is 3. The molecule has 0 aliphatic heterocycles. The summed E-state index contributed by atoms with van der Waals surface area (Å²) in [5.41, 5.74) is 6.38. The topological polar surface area (TPSA) is 94.9 Å². The molecular formula is C11H10N4O2S. The number of nitrogens with two attached hydrogens (primary N) is 1. The van der Waals surface area contributed by atoms with Crippen molar-refractivity contribution < 1.29 is 4.92 Å². The molecule has 0 spiro atoms. The number of thioether (sulfide) groups is 1. The Kier molecular flexibility index (Phi) is 3.73. The Morgan fingerprint density at radius 2 is 2.06 bits per heavy atom. The third kappa shape index (κ3) is 2.95. The minimum absolute atomic E-state index is 0.0381. The van der Waals surface area contributed by atoms with E-state index in [0.29, 0.717) is 5.75 Å². The van der Waals surface area contributed by atoms with E-state index in [1.54, 1.807) is 0 Å². The standard InChI is InChI=1S/C11H10N4O2S/c12-11-13-6-9(15(16)17)10(14-11)18-7-8-4-2-1-3-5-8/h1-6H,7H2,(H2,12,13,14). The van der Waals surface area contributed by atoms with Gasteiger partial charge >= 0.3 is 5.69 Å². The summed E-state index contributed by atoms with van der Waals surface area (Å²) >= 11 is 1.27. The van der Waals surface area contributed by atoms with Gasteiger partial charge in [0.15, 0.2) is 5.03 Å². The lowest BCUT2D eigenvalue weighted by Crippen LogP contribution is -2.00. The molecule has 18 heavy (non-hydrogen) atoms. The van der Waals surface area contributed by atoms with E-state index in [4.69, 9.17) is 5.73 Å². The molecule has 2 rings (SSSR count). The Bertz CT molecular complexity index is 562. The highest BCUT2D eigenvalue weighted by molar-refractivity contribution is 7.98. The summed E-state index contributed by atoms with van der Waals surface area (Å²) in [6.07, 6.45) is 1.13. The highest BCUT2D eigenvalue weighted by Gasteiger charge is 2.16. The first kappa shape index (κ1) is 12.3. The zero-order valence-corrected chi connectivity index (χ0v) is 10.1. The number of hydrogen-bond donors (Lipinski definition) is 1. The van der Waals surface area contributed by atoms with Crippen LogP contribution in [0, 0.1) is 10.1 Å². The molecule has 0 radical (unpaired) electrons. The number of aromatic nitrogens is 2. The van der Waals surface area contributed by atoms with Crippen molar-refractivity contribution in [3.8, 4) is 0 Å². The Morgan fingerprint density at radius 1 is 1.33 bits per heavy atom. The Morgan fingerprint density at radius 3 is 2.72 bits per heavy atom. The van der Waals surface area contributed by atoms with Gasteiger partial charge in [-0.1, -0.05) is 42.1 Å². The van der Waals surface area contributed by atoms with Gasteiger partial charge in [-0.05, 0) is 5.56 Å². The van der Waals surface area contributed by atoms with Gasteiger partial charge in [0.1, 0.15) is 6.20 Å². The molecule has 92 valence electrons. The number of benzene rings is 1. The van der Waals surface area contributed by atoms with Crippen molar-refractivity contribution in [2.45, 2.75) is 10.8 Å². The number of nitro groups is 1. The molecule has 0 aliphatic rings. The SMILES string of the molecule is Nc1ncc([N+](=O)[O-])c(SCc2ccccc2)n1. The number of nitrogen functional groups attached to an aromatic ring is 1. The number of hydrogen-bond acceptors (Lipinski definition) is 6. The largest absolute Gasteiger partial charge is 0.368 e. The third-order valence-corrected chi connectivity index (χ3v) is 3.22. The van der Waals surface area contributed by atoms with Crippen molar-refractivity contribution in [1.29, 1.82) is 0 Å². The Labute approximate surface area is 107 Å². The molecule has 1 heterocycles. The van der Waals surface area contributed by atoms with Crippen LogP contribution in [0.4, 0.5) is 11.6 Å². The zero-order chi connectivity index (χ0) is 13.0. The van der Waals surface area contributed by atoms with Gasteiger partial charge in [0.05, 0.1) is 4.92 Å². The molecule has 2 aromatic rings. The molecule has 0 amide bonds. The van der Waals surface area contributed by atoms with Crippen molar-refractivity contribution in [2.75, 3.05) is 5.73 Å². The van der Waals surface area contributed by atoms with Gasteiger partial charge in [-0.3, -0.25) is 10.1 Å². The quantitative estimate of drug-likeness (QED) is 0.393. The molecule has 2 N–H and O–H groups in total. The first-order chi connectivity index (χ1) is 8.66. The zero-order valence-electron chi connectivity index (χ0n) is 9.31. The van der Waals surface area contributed by atoms with Crippen LogP contribution >= 0.6 is 11.8 Å². The van der Waals surface area contributed by atoms with Crippen molar-refractivity contribution in [3.05, 3.63) is 52.2 Å². The molecule has 0 saturated heterocycles. The van der Waals surface area contributed by atoms with Crippen LogP contribution in [0.3, 0.4) is 0 Å². The van der Waals surface area contributed by atoms with Crippen LogP contribution in [-0.4, -0.2) is 14.9 Å². The van der Waals surface area contributed by atoms with Crippen LogP contribution in [0.2, 0.25) is 0 Å². The van der Waals surface area contributed by atoms with E-state index in [1.807, 2.05) is 30.3 Å². The molecule has 7 heteroatoms. The lowest BCUT2D eigenvalue weighted by atomic mass is 10.2. The van der Waals surface area contributed by atoms with E-state index in [0.717, 1.165) is 11.8 Å². The van der Waals surface area contributed by atoms with E-state index in [9.17, 15) is 10.1 Å². The van der Waals surface area contributed by atoms with E-state index in [1.165, 1.54) is 11.8 Å². The minimum Gasteiger partial charge on any atom is -0.368 e. The molecule has 0 atom stereocenters. The van der Waals surface area contributed by atoms with Crippen molar-refractivity contribution in [3.63, 3.8) is 0 Å². The summed E-state index contributed by atoms with van der Waals surface area (Å²) in [5, 5.41) is 11.1. The molecule has 1 aromatic heterocycles. The predicted octanol–water partition coefficient (Wildman–Crippen LogP) is 2.26. The summed E-state index contributed by atoms with van der Waals surface area (Å²) in [7, 11) is 0. The van der Waals surface area contributed by atoms with Gasteiger partial charge in [0.2, 0.25) is 5.95 Å². The van der Waals surface area contributed by atoms with E-state index >= 15 is 0 Å². The average molecular weight is 262 g/mol. The molecule has 0 aliphatic carbocycles. The molecule has 0 unspecified atom stereocenters. The number of anilines is 1. The highest BCUT2D eigenvalue weighted by atomic mass is 32.2. The molecule has 1 aromatic carbocycles. The molecule has 0 fully saturated rings. The molecular weight excluding hydrogens is 252 g/mol. The fourth-order valence-corrected chi connectivity index (χ4v) is 2.26. The van der Waals surface area contributed by atoms with Gasteiger partial charge in [-0.15, -0.1) is 0 Å². The average Bonchev–Trinajstić information content (AvgIpc) is 2.37. The smallest absolute Gasteiger partial charge is 0.319 e. The third-order valence-electron chi connectivity index (χ3n) is 2.17. The monoisotopic (exact) mass is 262 g/mol. The summed E-state index contributed by atoms with van der Waals surface area (Å²) in [4.78, 5) is 17.8. The first-order valence-electron chi connectivity index (χ1n) is 5.10. The molecule has 0 bridgehead atoms. The normalized spacial score (nSPS) is 10.2. The van der Waals surface area contributed by atoms with Crippen molar-refractivity contribution in [2.24, 2.45) is 0 Å². The lowest BCUT2D eigenvalue weighted by Gasteiger charge is -2.02. The van der Waals surface area contributed by atoms with Gasteiger partial charge in [0, 0.05) is 5.75 Å². The maximum absolute atomic E-state index is 10.8. The van der Waals surface area contributed by atoms with Crippen LogP contribution < -0.4 is 5.73 Å². The fourth-order valence-electron chi connectivity index (χ4n) is 1.33. The van der Waals surface area contributed by atoms with Gasteiger partial charge in [-0.25, -0.2) is 4.98 Å². The first-order valence-corrected chi connectivity index (χ1v) is 6.09. The maximum atomic E-state index is 10.8. The fraction of sp³-hybridized carbons (Fsp3) is 0.0909. The van der Waals surface area contributed by atoms with E-state index < -0.39 is 4.92 Å². The van der Waals surface area contributed by atoms with Crippen LogP contribution in [0.15, 0.2) is 41.6 Å². The summed E-state index contributed by atoms with van der Waals surface area (Å²) in [6.45, 7) is 0. The summed E-state index contributed by atoms with van der Waals surface area (Å²) in [5.74, 6) is 0.633. The van der Waals surface area contributed by atoms with Crippen LogP contribution in [0.25, 0.3) is 0 Å². The van der Waals surface area contributed by atoms with E-state index in [-0.39, 0.29) is 16.7 Å². The maximum Gasteiger partial charge on any atom is 0.319 e. The lowest BCUT2D eigenvalue weighted by molar-refractivity contribution is -0.388. The van der Waals surface area contributed by atoms with Gasteiger partial charge < -0.3 is 5.73 Å². The van der Waals surface area contributed by atoms with Crippen molar-refractivity contribution >= 4 is 23.4 Å². The molecule has 6 nitrogen and oxygen atoms in total. The summed E-state index contributed by atoms with van der Waals surface area (Å²) in [6, 6.07) is 9.64. The predicted molar refractivity (Wildman–Crippen MR) is 69.1 cm³/mol. The Hall–Kier alpha value is -2.15. The molecule has 0 saturated carbocycles. The number of rotatable bonds is 4. The second-order valence-corrected chi connectivity index (χ2v) is 4.41. The second-order valence-electron chi connectivity index (χ2n) is 3.45. The van der Waals surface area contributed by atoms with Crippen LogP contribution in [0.5, 0.6) is 0 Å². The highest BCUT2D eigenvalue weighted by Crippen LogP contribution is 2.29. The van der Waals surface area contributed by atoms with Gasteiger partial charge in [0.25, 0.3) is 0 Å². The van der Waals surface area contributed by atoms with E-state index in [2.05, 4.69) is 9.97 Å². The summed E-state index contributed by atoms with van der Waals surface area (Å²) < 4.78 is 0. The Balaban J connectivity index is 2.18. The van der Waals surface area contributed by atoms with Crippen molar-refractivity contribution in [1.82, 2.24) is 9.97 Å². The van der Waals surface area contributed by atoms with Crippen LogP contribution in [-0.2, 0) is 5.75 Å². The second kappa shape index (κ2) is 5.46. The minimum atomic E-state index is -0.507.